The van der Waals surface area contributed by atoms with Gasteiger partial charge in [0.05, 0.1) is 6.04 Å². The SMILES string of the molecule is CCCC1CC1NC(=NC)NC(C)c1ccc(F)c(F)c1. The molecule has 0 amide bonds. The lowest BCUT2D eigenvalue weighted by atomic mass is 10.1. The van der Waals surface area contributed by atoms with E-state index in [2.05, 4.69) is 22.5 Å². The van der Waals surface area contributed by atoms with Crippen LogP contribution in [0.25, 0.3) is 0 Å². The highest BCUT2D eigenvalue weighted by Crippen LogP contribution is 2.34. The van der Waals surface area contributed by atoms with Gasteiger partial charge in [-0.05, 0) is 43.4 Å². The Kier molecular flexibility index (Phi) is 5.15. The molecule has 1 aliphatic carbocycles. The fourth-order valence-corrected chi connectivity index (χ4v) is 2.53. The number of benzene rings is 1. The van der Waals surface area contributed by atoms with Crippen molar-refractivity contribution >= 4 is 5.96 Å². The zero-order valence-electron chi connectivity index (χ0n) is 12.8. The Bertz CT molecular complexity index is 516. The van der Waals surface area contributed by atoms with Crippen molar-refractivity contribution in [2.45, 2.75) is 45.2 Å². The number of rotatable bonds is 5. The van der Waals surface area contributed by atoms with Gasteiger partial charge >= 0.3 is 0 Å². The van der Waals surface area contributed by atoms with Crippen molar-refractivity contribution < 1.29 is 8.78 Å². The van der Waals surface area contributed by atoms with E-state index < -0.39 is 11.6 Å². The summed E-state index contributed by atoms with van der Waals surface area (Å²) in [4.78, 5) is 4.19. The second-order valence-electron chi connectivity index (χ2n) is 5.65. The fourth-order valence-electron chi connectivity index (χ4n) is 2.53. The molecule has 0 heterocycles. The van der Waals surface area contributed by atoms with Crippen LogP contribution in [0.1, 0.15) is 44.7 Å². The summed E-state index contributed by atoms with van der Waals surface area (Å²) in [5, 5.41) is 6.59. The Labute approximate surface area is 124 Å². The lowest BCUT2D eigenvalue weighted by Gasteiger charge is -2.18. The third kappa shape index (κ3) is 4.16. The minimum atomic E-state index is -0.825. The molecule has 116 valence electrons. The van der Waals surface area contributed by atoms with E-state index in [-0.39, 0.29) is 6.04 Å². The Hall–Kier alpha value is -1.65. The van der Waals surface area contributed by atoms with Crippen molar-refractivity contribution in [3.8, 4) is 0 Å². The standard InChI is InChI=1S/C16H23F2N3/c1-4-5-12-9-15(12)21-16(19-3)20-10(2)11-6-7-13(17)14(18)8-11/h6-8,10,12,15H,4-5,9H2,1-3H3,(H2,19,20,21). The summed E-state index contributed by atoms with van der Waals surface area (Å²) in [6, 6.07) is 4.29. The number of hydrogen-bond acceptors (Lipinski definition) is 1. The van der Waals surface area contributed by atoms with Crippen molar-refractivity contribution in [3.05, 3.63) is 35.4 Å². The molecule has 1 saturated carbocycles. The van der Waals surface area contributed by atoms with Crippen LogP contribution in [-0.4, -0.2) is 19.0 Å². The summed E-state index contributed by atoms with van der Waals surface area (Å²) < 4.78 is 26.2. The molecule has 0 radical (unpaired) electrons. The van der Waals surface area contributed by atoms with Crippen LogP contribution >= 0.6 is 0 Å². The molecule has 2 rings (SSSR count). The van der Waals surface area contributed by atoms with Gasteiger partial charge < -0.3 is 10.6 Å². The highest BCUT2D eigenvalue weighted by Gasteiger charge is 2.36. The second kappa shape index (κ2) is 6.87. The van der Waals surface area contributed by atoms with E-state index in [9.17, 15) is 8.78 Å². The van der Waals surface area contributed by atoms with Gasteiger partial charge in [0.15, 0.2) is 17.6 Å². The van der Waals surface area contributed by atoms with E-state index in [1.165, 1.54) is 25.3 Å². The van der Waals surface area contributed by atoms with Crippen molar-refractivity contribution in [3.63, 3.8) is 0 Å². The molecule has 3 unspecified atom stereocenters. The summed E-state index contributed by atoms with van der Waals surface area (Å²) in [6.07, 6.45) is 3.60. The van der Waals surface area contributed by atoms with Gasteiger partial charge in [-0.2, -0.15) is 0 Å². The predicted octanol–water partition coefficient (Wildman–Crippen LogP) is 3.38. The summed E-state index contributed by atoms with van der Waals surface area (Å²) in [6.45, 7) is 4.09. The molecule has 1 aromatic carbocycles. The quantitative estimate of drug-likeness (QED) is 0.645. The molecule has 21 heavy (non-hydrogen) atoms. The smallest absolute Gasteiger partial charge is 0.191 e. The zero-order valence-corrected chi connectivity index (χ0v) is 12.8. The van der Waals surface area contributed by atoms with Gasteiger partial charge in [-0.1, -0.05) is 19.4 Å². The first kappa shape index (κ1) is 15.7. The van der Waals surface area contributed by atoms with Crippen molar-refractivity contribution in [1.29, 1.82) is 0 Å². The van der Waals surface area contributed by atoms with Crippen molar-refractivity contribution in [1.82, 2.24) is 10.6 Å². The molecule has 0 spiro atoms. The molecular weight excluding hydrogens is 272 g/mol. The molecule has 0 aliphatic heterocycles. The molecular formula is C16H23F2N3. The topological polar surface area (TPSA) is 36.4 Å². The third-order valence-electron chi connectivity index (χ3n) is 3.92. The average molecular weight is 295 g/mol. The van der Waals surface area contributed by atoms with Crippen molar-refractivity contribution in [2.24, 2.45) is 10.9 Å². The largest absolute Gasteiger partial charge is 0.353 e. The maximum Gasteiger partial charge on any atom is 0.191 e. The number of guanidine groups is 1. The Morgan fingerprint density at radius 2 is 2.14 bits per heavy atom. The van der Waals surface area contributed by atoms with Gasteiger partial charge in [0.25, 0.3) is 0 Å². The molecule has 0 aromatic heterocycles. The van der Waals surface area contributed by atoms with E-state index in [0.717, 1.165) is 12.0 Å². The fraction of sp³-hybridized carbons (Fsp3) is 0.562. The van der Waals surface area contributed by atoms with Gasteiger partial charge in [-0.25, -0.2) is 8.78 Å². The molecule has 3 nitrogen and oxygen atoms in total. The number of nitrogens with one attached hydrogen (secondary N) is 2. The Balaban J connectivity index is 1.91. The van der Waals surface area contributed by atoms with E-state index in [0.29, 0.717) is 17.6 Å². The Morgan fingerprint density at radius 1 is 1.38 bits per heavy atom. The number of hydrogen-bond donors (Lipinski definition) is 2. The lowest BCUT2D eigenvalue weighted by molar-refractivity contribution is 0.504. The van der Waals surface area contributed by atoms with Crippen LogP contribution in [0, 0.1) is 17.6 Å². The molecule has 2 N–H and O–H groups in total. The molecule has 0 saturated heterocycles. The maximum atomic E-state index is 13.3. The van der Waals surface area contributed by atoms with Gasteiger partial charge in [0.2, 0.25) is 0 Å². The summed E-state index contributed by atoms with van der Waals surface area (Å²) >= 11 is 0. The number of halogens is 2. The molecule has 1 fully saturated rings. The predicted molar refractivity (Wildman–Crippen MR) is 81.2 cm³/mol. The normalized spacial score (nSPS) is 22.8. The molecule has 3 atom stereocenters. The highest BCUT2D eigenvalue weighted by atomic mass is 19.2. The van der Waals surface area contributed by atoms with Crippen LogP contribution in [-0.2, 0) is 0 Å². The van der Waals surface area contributed by atoms with Crippen LogP contribution in [0.5, 0.6) is 0 Å². The molecule has 5 heteroatoms. The maximum absolute atomic E-state index is 13.3. The van der Waals surface area contributed by atoms with Gasteiger partial charge in [-0.3, -0.25) is 4.99 Å². The summed E-state index contributed by atoms with van der Waals surface area (Å²) in [5.41, 5.74) is 0.692. The van der Waals surface area contributed by atoms with Crippen LogP contribution in [0.3, 0.4) is 0 Å². The zero-order chi connectivity index (χ0) is 15.4. The van der Waals surface area contributed by atoms with Crippen LogP contribution < -0.4 is 10.6 Å². The summed E-state index contributed by atoms with van der Waals surface area (Å²) in [5.74, 6) is -0.217. The summed E-state index contributed by atoms with van der Waals surface area (Å²) in [7, 11) is 1.71. The third-order valence-corrected chi connectivity index (χ3v) is 3.92. The number of nitrogens with zero attached hydrogens (tertiary/aromatic N) is 1. The van der Waals surface area contributed by atoms with E-state index in [1.807, 2.05) is 6.92 Å². The monoisotopic (exact) mass is 295 g/mol. The highest BCUT2D eigenvalue weighted by molar-refractivity contribution is 5.80. The first-order chi connectivity index (χ1) is 10.0. The first-order valence-electron chi connectivity index (χ1n) is 7.50. The Morgan fingerprint density at radius 3 is 2.76 bits per heavy atom. The minimum absolute atomic E-state index is 0.144. The molecule has 1 aromatic rings. The van der Waals surface area contributed by atoms with Crippen LogP contribution in [0.2, 0.25) is 0 Å². The van der Waals surface area contributed by atoms with E-state index in [1.54, 1.807) is 13.1 Å². The van der Waals surface area contributed by atoms with Gasteiger partial charge in [-0.15, -0.1) is 0 Å². The minimum Gasteiger partial charge on any atom is -0.353 e. The molecule has 1 aliphatic rings. The first-order valence-corrected chi connectivity index (χ1v) is 7.50. The lowest BCUT2D eigenvalue weighted by Crippen LogP contribution is -2.40. The van der Waals surface area contributed by atoms with Crippen LogP contribution in [0.4, 0.5) is 8.78 Å². The second-order valence-corrected chi connectivity index (χ2v) is 5.65. The number of aliphatic imine (C=N–C) groups is 1. The van der Waals surface area contributed by atoms with Crippen LogP contribution in [0.15, 0.2) is 23.2 Å². The average Bonchev–Trinajstić information content (AvgIpc) is 3.19. The molecule has 0 bridgehead atoms. The van der Waals surface area contributed by atoms with Gasteiger partial charge in [0.1, 0.15) is 0 Å². The van der Waals surface area contributed by atoms with Gasteiger partial charge in [0, 0.05) is 13.1 Å². The van der Waals surface area contributed by atoms with Crippen molar-refractivity contribution in [2.75, 3.05) is 7.05 Å². The van der Waals surface area contributed by atoms with E-state index in [4.69, 9.17) is 0 Å². The van der Waals surface area contributed by atoms with E-state index >= 15 is 0 Å².